The molecule has 4 aromatic heterocycles. The molecular weight excluding hydrogens is 393 g/mol. The van der Waals surface area contributed by atoms with Gasteiger partial charge in [-0.25, -0.2) is 14.4 Å². The first-order valence-corrected chi connectivity index (χ1v) is 9.10. The highest BCUT2D eigenvalue weighted by Crippen LogP contribution is 2.33. The number of aliphatic hydroxyl groups is 1. The topological polar surface area (TPSA) is 107 Å². The number of hydrogen-bond acceptors (Lipinski definition) is 7. The van der Waals surface area contributed by atoms with Gasteiger partial charge in [0.05, 0.1) is 49.2 Å². The maximum Gasteiger partial charge on any atom is 0.256 e. The van der Waals surface area contributed by atoms with Crippen LogP contribution in [0.2, 0.25) is 0 Å². The van der Waals surface area contributed by atoms with Gasteiger partial charge in [0.1, 0.15) is 12.8 Å². The quantitative estimate of drug-likeness (QED) is 0.479. The van der Waals surface area contributed by atoms with Gasteiger partial charge < -0.3 is 19.7 Å². The SMILES string of the molecule is COc1cc(-c2ccc3c(O)n(-c4cnn(CC(O)CF)c4)cc3n2)cnc1OC. The van der Waals surface area contributed by atoms with Crippen LogP contribution in [0.1, 0.15) is 0 Å². The molecule has 0 aromatic carbocycles. The molecule has 2 N–H and O–H groups in total. The lowest BCUT2D eigenvalue weighted by Gasteiger charge is -2.08. The van der Waals surface area contributed by atoms with Crippen LogP contribution in [0.3, 0.4) is 0 Å². The third-order valence-corrected chi connectivity index (χ3v) is 4.65. The van der Waals surface area contributed by atoms with E-state index in [0.717, 1.165) is 5.56 Å². The molecule has 1 unspecified atom stereocenters. The van der Waals surface area contributed by atoms with Crippen LogP contribution in [0, 0.1) is 0 Å². The van der Waals surface area contributed by atoms with Crippen molar-refractivity contribution in [2.45, 2.75) is 12.6 Å². The van der Waals surface area contributed by atoms with Gasteiger partial charge in [-0.1, -0.05) is 0 Å². The van der Waals surface area contributed by atoms with Crippen molar-refractivity contribution >= 4 is 10.9 Å². The Kier molecular flexibility index (Phi) is 5.23. The lowest BCUT2D eigenvalue weighted by atomic mass is 10.1. The van der Waals surface area contributed by atoms with Gasteiger partial charge in [0, 0.05) is 24.2 Å². The smallest absolute Gasteiger partial charge is 0.256 e. The third-order valence-electron chi connectivity index (χ3n) is 4.65. The zero-order chi connectivity index (χ0) is 21.3. The molecule has 0 amide bonds. The van der Waals surface area contributed by atoms with Crippen molar-refractivity contribution in [2.75, 3.05) is 20.9 Å². The summed E-state index contributed by atoms with van der Waals surface area (Å²) in [6.45, 7) is -0.835. The Hall–Kier alpha value is -3.66. The molecule has 0 fully saturated rings. The van der Waals surface area contributed by atoms with E-state index in [-0.39, 0.29) is 12.4 Å². The predicted molar refractivity (Wildman–Crippen MR) is 107 cm³/mol. The number of fused-ring (bicyclic) bond motifs is 1. The minimum atomic E-state index is -1.13. The van der Waals surface area contributed by atoms with Crippen LogP contribution < -0.4 is 9.47 Å². The van der Waals surface area contributed by atoms with Crippen molar-refractivity contribution in [3.63, 3.8) is 0 Å². The second-order valence-electron chi connectivity index (χ2n) is 6.62. The largest absolute Gasteiger partial charge is 0.494 e. The predicted octanol–water partition coefficient (Wildman–Crippen LogP) is 2.34. The molecule has 0 aliphatic carbocycles. The van der Waals surface area contributed by atoms with Crippen LogP contribution in [-0.2, 0) is 6.54 Å². The van der Waals surface area contributed by atoms with Gasteiger partial charge in [0.15, 0.2) is 5.75 Å². The zero-order valence-corrected chi connectivity index (χ0v) is 16.4. The Morgan fingerprint density at radius 2 is 2.00 bits per heavy atom. The molecule has 4 heterocycles. The van der Waals surface area contributed by atoms with Crippen molar-refractivity contribution in [3.8, 4) is 34.5 Å². The van der Waals surface area contributed by atoms with E-state index in [9.17, 15) is 14.6 Å². The number of rotatable bonds is 7. The summed E-state index contributed by atoms with van der Waals surface area (Å²) >= 11 is 0. The summed E-state index contributed by atoms with van der Waals surface area (Å²) in [5, 5.41) is 24.7. The summed E-state index contributed by atoms with van der Waals surface area (Å²) < 4.78 is 25.9. The third kappa shape index (κ3) is 3.52. The van der Waals surface area contributed by atoms with Crippen molar-refractivity contribution in [2.24, 2.45) is 0 Å². The van der Waals surface area contributed by atoms with E-state index in [1.165, 1.54) is 29.7 Å². The van der Waals surface area contributed by atoms with Crippen LogP contribution in [0.4, 0.5) is 4.39 Å². The lowest BCUT2D eigenvalue weighted by molar-refractivity contribution is 0.118. The molecule has 4 aromatic rings. The van der Waals surface area contributed by atoms with Crippen LogP contribution in [0.25, 0.3) is 27.8 Å². The first-order chi connectivity index (χ1) is 14.5. The number of ether oxygens (including phenoxy) is 2. The van der Waals surface area contributed by atoms with Crippen LogP contribution in [-0.4, -0.2) is 61.5 Å². The van der Waals surface area contributed by atoms with Gasteiger partial charge in [0.2, 0.25) is 5.88 Å². The van der Waals surface area contributed by atoms with Gasteiger partial charge in [-0.05, 0) is 18.2 Å². The Morgan fingerprint density at radius 3 is 2.73 bits per heavy atom. The Bertz CT molecular complexity index is 1190. The number of methoxy groups -OCH3 is 2. The minimum absolute atomic E-state index is 0.0000708. The average molecular weight is 413 g/mol. The number of aliphatic hydroxyl groups excluding tert-OH is 1. The van der Waals surface area contributed by atoms with Crippen molar-refractivity contribution in [1.82, 2.24) is 24.3 Å². The molecule has 0 spiro atoms. The van der Waals surface area contributed by atoms with E-state index in [1.807, 2.05) is 0 Å². The Morgan fingerprint density at radius 1 is 1.17 bits per heavy atom. The van der Waals surface area contributed by atoms with E-state index in [4.69, 9.17) is 9.47 Å². The van der Waals surface area contributed by atoms with Crippen LogP contribution >= 0.6 is 0 Å². The molecule has 156 valence electrons. The van der Waals surface area contributed by atoms with Gasteiger partial charge in [-0.15, -0.1) is 0 Å². The van der Waals surface area contributed by atoms with Gasteiger partial charge in [0.25, 0.3) is 5.88 Å². The maximum atomic E-state index is 12.5. The lowest BCUT2D eigenvalue weighted by Crippen LogP contribution is -2.17. The molecule has 1 atom stereocenters. The molecule has 10 heteroatoms. The molecule has 9 nitrogen and oxygen atoms in total. The van der Waals surface area contributed by atoms with E-state index in [0.29, 0.717) is 33.9 Å². The fraction of sp³-hybridized carbons (Fsp3) is 0.250. The Balaban J connectivity index is 1.70. The second kappa shape index (κ2) is 7.99. The van der Waals surface area contributed by atoms with Crippen molar-refractivity contribution < 1.29 is 24.1 Å². The fourth-order valence-corrected chi connectivity index (χ4v) is 3.15. The molecule has 0 saturated carbocycles. The van der Waals surface area contributed by atoms with Gasteiger partial charge in [-0.3, -0.25) is 9.25 Å². The zero-order valence-electron chi connectivity index (χ0n) is 16.4. The minimum Gasteiger partial charge on any atom is -0.494 e. The summed E-state index contributed by atoms with van der Waals surface area (Å²) in [4.78, 5) is 8.85. The summed E-state index contributed by atoms with van der Waals surface area (Å²) in [6, 6.07) is 5.31. The van der Waals surface area contributed by atoms with E-state index in [2.05, 4.69) is 15.1 Å². The first-order valence-electron chi connectivity index (χ1n) is 9.10. The average Bonchev–Trinajstić information content (AvgIpc) is 3.36. The van der Waals surface area contributed by atoms with Crippen molar-refractivity contribution in [3.05, 3.63) is 43.0 Å². The molecular formula is C20H20FN5O4. The summed E-state index contributed by atoms with van der Waals surface area (Å²) in [5.41, 5.74) is 2.51. The maximum absolute atomic E-state index is 12.5. The number of aromatic hydroxyl groups is 1. The van der Waals surface area contributed by atoms with Crippen LogP contribution in [0.15, 0.2) is 43.0 Å². The van der Waals surface area contributed by atoms with Crippen molar-refractivity contribution in [1.29, 1.82) is 0 Å². The monoisotopic (exact) mass is 413 g/mol. The molecule has 0 aliphatic heterocycles. The van der Waals surface area contributed by atoms with Crippen LogP contribution in [0.5, 0.6) is 17.5 Å². The highest BCUT2D eigenvalue weighted by Gasteiger charge is 2.15. The molecule has 0 radical (unpaired) electrons. The molecule has 0 saturated heterocycles. The standard InChI is InChI=1S/C20H20FN5O4/c1-29-18-5-12(7-22-19(18)30-2)16-4-3-15-17(24-16)11-26(20(15)28)13-8-23-25(9-13)10-14(27)6-21/h3-5,7-9,11,14,27-28H,6,10H2,1-2H3. The summed E-state index contributed by atoms with van der Waals surface area (Å²) in [6.07, 6.45) is 5.30. The highest BCUT2D eigenvalue weighted by atomic mass is 19.1. The number of halogens is 1. The molecule has 0 aliphatic rings. The van der Waals surface area contributed by atoms with E-state index in [1.54, 1.807) is 36.8 Å². The number of aromatic nitrogens is 5. The molecule has 30 heavy (non-hydrogen) atoms. The number of pyridine rings is 2. The summed E-state index contributed by atoms with van der Waals surface area (Å²) in [7, 11) is 3.05. The number of nitrogens with zero attached hydrogens (tertiary/aromatic N) is 5. The number of hydrogen-bond donors (Lipinski definition) is 2. The molecule has 4 rings (SSSR count). The van der Waals surface area contributed by atoms with E-state index < -0.39 is 12.8 Å². The molecule has 0 bridgehead atoms. The van der Waals surface area contributed by atoms with Gasteiger partial charge >= 0.3 is 0 Å². The Labute approximate surface area is 170 Å². The summed E-state index contributed by atoms with van der Waals surface area (Å²) in [5.74, 6) is 0.862. The highest BCUT2D eigenvalue weighted by molar-refractivity contribution is 5.87. The first kappa shape index (κ1) is 19.6. The van der Waals surface area contributed by atoms with E-state index >= 15 is 0 Å². The number of alkyl halides is 1. The second-order valence-corrected chi connectivity index (χ2v) is 6.62. The fourth-order valence-electron chi connectivity index (χ4n) is 3.15. The normalized spacial score (nSPS) is 12.3. The van der Waals surface area contributed by atoms with Gasteiger partial charge in [-0.2, -0.15) is 5.10 Å².